The molecule has 0 aliphatic carbocycles. The molecule has 25 heavy (non-hydrogen) atoms. The van der Waals surface area contributed by atoms with Crippen molar-refractivity contribution in [3.63, 3.8) is 0 Å². The Kier molecular flexibility index (Phi) is 3.48. The number of benzene rings is 1. The minimum Gasteiger partial charge on any atom is -0.297 e. The van der Waals surface area contributed by atoms with Crippen molar-refractivity contribution in [1.82, 2.24) is 18.9 Å². The summed E-state index contributed by atoms with van der Waals surface area (Å²) < 4.78 is 54.4. The van der Waals surface area contributed by atoms with E-state index in [1.165, 1.54) is 4.52 Å². The van der Waals surface area contributed by atoms with Gasteiger partial charge in [-0.3, -0.25) is 9.89 Å². The van der Waals surface area contributed by atoms with Crippen LogP contribution in [0.3, 0.4) is 0 Å². The molecule has 0 saturated carbocycles. The zero-order valence-corrected chi connectivity index (χ0v) is 13.6. The lowest BCUT2D eigenvalue weighted by atomic mass is 10.1. The fourth-order valence-electron chi connectivity index (χ4n) is 2.92. The summed E-state index contributed by atoms with van der Waals surface area (Å²) >= 11 is 0. The predicted molar refractivity (Wildman–Crippen MR) is 83.5 cm³/mol. The SMILES string of the molecule is O=c1c2c(nc3cc[nH]n13)CCN(S(=O)(=O)c1cc(F)cc(F)c1)C2. The minimum atomic E-state index is -4.14. The number of fused-ring (bicyclic) bond motifs is 2. The molecule has 3 aromatic rings. The van der Waals surface area contributed by atoms with Gasteiger partial charge >= 0.3 is 0 Å². The highest BCUT2D eigenvalue weighted by molar-refractivity contribution is 7.89. The molecule has 1 aliphatic heterocycles. The maximum atomic E-state index is 13.4. The average molecular weight is 366 g/mol. The number of rotatable bonds is 2. The molecule has 0 unspecified atom stereocenters. The summed E-state index contributed by atoms with van der Waals surface area (Å²) in [5.41, 5.74) is 0.829. The summed E-state index contributed by atoms with van der Waals surface area (Å²) in [6.07, 6.45) is 1.79. The first-order valence-corrected chi connectivity index (χ1v) is 8.84. The maximum Gasteiger partial charge on any atom is 0.277 e. The molecule has 0 spiro atoms. The van der Waals surface area contributed by atoms with Crippen LogP contribution >= 0.6 is 0 Å². The molecule has 0 bridgehead atoms. The van der Waals surface area contributed by atoms with E-state index >= 15 is 0 Å². The molecule has 0 radical (unpaired) electrons. The molecular weight excluding hydrogens is 354 g/mol. The molecule has 10 heteroatoms. The van der Waals surface area contributed by atoms with Gasteiger partial charge in [0.05, 0.1) is 16.2 Å². The van der Waals surface area contributed by atoms with Crippen LogP contribution in [0, 0.1) is 11.6 Å². The van der Waals surface area contributed by atoms with Crippen LogP contribution in [0.5, 0.6) is 0 Å². The lowest BCUT2D eigenvalue weighted by Gasteiger charge is -2.27. The van der Waals surface area contributed by atoms with Gasteiger partial charge in [0.1, 0.15) is 11.6 Å². The van der Waals surface area contributed by atoms with Crippen molar-refractivity contribution in [1.29, 1.82) is 0 Å². The molecule has 0 atom stereocenters. The van der Waals surface area contributed by atoms with Gasteiger partial charge in [-0.05, 0) is 12.1 Å². The van der Waals surface area contributed by atoms with Crippen molar-refractivity contribution in [3.05, 3.63) is 63.7 Å². The molecule has 0 saturated heterocycles. The number of aromatic nitrogens is 3. The summed E-state index contributed by atoms with van der Waals surface area (Å²) in [4.78, 5) is 16.4. The van der Waals surface area contributed by atoms with Gasteiger partial charge in [0.25, 0.3) is 5.56 Å². The maximum absolute atomic E-state index is 13.4. The number of hydrogen-bond acceptors (Lipinski definition) is 4. The van der Waals surface area contributed by atoms with Crippen molar-refractivity contribution >= 4 is 15.7 Å². The highest BCUT2D eigenvalue weighted by Crippen LogP contribution is 2.24. The van der Waals surface area contributed by atoms with E-state index in [4.69, 9.17) is 0 Å². The second kappa shape index (κ2) is 5.46. The van der Waals surface area contributed by atoms with E-state index in [-0.39, 0.29) is 25.1 Å². The number of halogens is 2. The number of nitrogens with one attached hydrogen (secondary N) is 1. The summed E-state index contributed by atoms with van der Waals surface area (Å²) in [5.74, 6) is -1.96. The van der Waals surface area contributed by atoms with E-state index in [2.05, 4.69) is 10.1 Å². The van der Waals surface area contributed by atoms with Gasteiger partial charge in [-0.15, -0.1) is 0 Å². The third kappa shape index (κ3) is 2.53. The van der Waals surface area contributed by atoms with Crippen LogP contribution in [0.2, 0.25) is 0 Å². The first-order chi connectivity index (χ1) is 11.9. The molecule has 0 amide bonds. The van der Waals surface area contributed by atoms with Crippen LogP contribution in [0.4, 0.5) is 8.78 Å². The lowest BCUT2D eigenvalue weighted by Crippen LogP contribution is -2.40. The van der Waals surface area contributed by atoms with E-state index in [1.807, 2.05) is 0 Å². The van der Waals surface area contributed by atoms with Gasteiger partial charge in [-0.1, -0.05) is 0 Å². The fourth-order valence-corrected chi connectivity index (χ4v) is 4.38. The van der Waals surface area contributed by atoms with E-state index in [9.17, 15) is 22.0 Å². The van der Waals surface area contributed by atoms with Gasteiger partial charge < -0.3 is 0 Å². The number of sulfonamides is 1. The van der Waals surface area contributed by atoms with Crippen LogP contribution in [-0.4, -0.2) is 33.9 Å². The topological polar surface area (TPSA) is 87.5 Å². The van der Waals surface area contributed by atoms with Crippen LogP contribution in [0.15, 0.2) is 40.2 Å². The second-order valence-corrected chi connectivity index (χ2v) is 7.63. The Morgan fingerprint density at radius 3 is 2.60 bits per heavy atom. The third-order valence-electron chi connectivity index (χ3n) is 4.13. The van der Waals surface area contributed by atoms with Crippen molar-refractivity contribution < 1.29 is 17.2 Å². The fraction of sp³-hybridized carbons (Fsp3) is 0.200. The van der Waals surface area contributed by atoms with Crippen molar-refractivity contribution in [2.45, 2.75) is 17.9 Å². The summed E-state index contributed by atoms with van der Waals surface area (Å²) in [6, 6.07) is 3.75. The van der Waals surface area contributed by atoms with Crippen molar-refractivity contribution in [3.8, 4) is 0 Å². The van der Waals surface area contributed by atoms with Gasteiger partial charge in [0.15, 0.2) is 5.65 Å². The Balaban J connectivity index is 1.78. The Morgan fingerprint density at radius 2 is 1.88 bits per heavy atom. The van der Waals surface area contributed by atoms with Crippen LogP contribution in [0.25, 0.3) is 5.65 Å². The molecule has 3 heterocycles. The van der Waals surface area contributed by atoms with E-state index in [1.54, 1.807) is 12.3 Å². The van der Waals surface area contributed by atoms with Crippen LogP contribution in [0.1, 0.15) is 11.3 Å². The van der Waals surface area contributed by atoms with Crippen molar-refractivity contribution in [2.75, 3.05) is 6.54 Å². The van der Waals surface area contributed by atoms with E-state index in [0.29, 0.717) is 17.4 Å². The van der Waals surface area contributed by atoms with Gasteiger partial charge in [-0.25, -0.2) is 26.7 Å². The Bertz CT molecular complexity index is 1130. The average Bonchev–Trinajstić information content (AvgIpc) is 3.02. The van der Waals surface area contributed by atoms with Crippen molar-refractivity contribution in [2.24, 2.45) is 0 Å². The van der Waals surface area contributed by atoms with Crippen LogP contribution in [-0.2, 0) is 23.0 Å². The molecule has 130 valence electrons. The summed E-state index contributed by atoms with van der Waals surface area (Å²) in [7, 11) is -4.14. The Labute approximate surface area is 140 Å². The highest BCUT2D eigenvalue weighted by atomic mass is 32.2. The molecule has 7 nitrogen and oxygen atoms in total. The lowest BCUT2D eigenvalue weighted by molar-refractivity contribution is 0.384. The number of nitrogens with zero attached hydrogens (tertiary/aromatic N) is 3. The largest absolute Gasteiger partial charge is 0.297 e. The molecule has 0 fully saturated rings. The smallest absolute Gasteiger partial charge is 0.277 e. The number of H-pyrrole nitrogens is 1. The number of aromatic amines is 1. The first kappa shape index (κ1) is 15.9. The van der Waals surface area contributed by atoms with Gasteiger partial charge in [0, 0.05) is 37.8 Å². The Hall–Kier alpha value is -2.59. The zero-order valence-electron chi connectivity index (χ0n) is 12.7. The monoisotopic (exact) mass is 366 g/mol. The van der Waals surface area contributed by atoms with E-state index in [0.717, 1.165) is 16.4 Å². The molecule has 2 aromatic heterocycles. The van der Waals surface area contributed by atoms with E-state index < -0.39 is 32.1 Å². The minimum absolute atomic E-state index is 0.0699. The quantitative estimate of drug-likeness (QED) is 0.734. The Morgan fingerprint density at radius 1 is 1.16 bits per heavy atom. The standard InChI is InChI=1S/C15H12F2N4O3S/c16-9-5-10(17)7-11(6-9)25(23,24)20-4-2-13-12(8-20)15(22)21-14(19-13)1-3-18-21/h1,3,5-7,18H,2,4,8H2. The molecule has 1 aliphatic rings. The van der Waals surface area contributed by atoms with Crippen LogP contribution < -0.4 is 5.56 Å². The summed E-state index contributed by atoms with van der Waals surface area (Å²) in [5, 5.41) is 2.71. The first-order valence-electron chi connectivity index (χ1n) is 7.40. The molecule has 1 N–H and O–H groups in total. The zero-order chi connectivity index (χ0) is 17.8. The predicted octanol–water partition coefficient (Wildman–Crippen LogP) is 1.05. The van der Waals surface area contributed by atoms with Gasteiger partial charge in [-0.2, -0.15) is 4.31 Å². The molecule has 4 rings (SSSR count). The summed E-state index contributed by atoms with van der Waals surface area (Å²) in [6.45, 7) is -0.135. The third-order valence-corrected chi connectivity index (χ3v) is 5.95. The second-order valence-electron chi connectivity index (χ2n) is 5.69. The number of hydrogen-bond donors (Lipinski definition) is 1. The normalized spacial score (nSPS) is 15.4. The molecular formula is C15H12F2N4O3S. The molecule has 1 aromatic carbocycles. The highest BCUT2D eigenvalue weighted by Gasteiger charge is 2.31. The van der Waals surface area contributed by atoms with Gasteiger partial charge in [0.2, 0.25) is 10.0 Å².